The zero-order valence-corrected chi connectivity index (χ0v) is 17.3. The number of carbonyl (C=O) groups excluding carboxylic acids is 1. The molecule has 2 aliphatic rings. The molecule has 0 radical (unpaired) electrons. The van der Waals surface area contributed by atoms with Gasteiger partial charge in [0, 0.05) is 38.9 Å². The maximum absolute atomic E-state index is 14.7. The number of hydrogen-bond donors (Lipinski definition) is 1. The third-order valence-electron chi connectivity index (χ3n) is 6.13. The highest BCUT2D eigenvalue weighted by molar-refractivity contribution is 5.77. The number of nitrogens with one attached hydrogen (secondary N) is 1. The highest BCUT2D eigenvalue weighted by Gasteiger charge is 2.45. The van der Waals surface area contributed by atoms with Crippen LogP contribution >= 0.6 is 0 Å². The molecule has 29 heavy (non-hydrogen) atoms. The molecule has 158 valence electrons. The summed E-state index contributed by atoms with van der Waals surface area (Å²) in [6.45, 7) is 3.30. The first-order chi connectivity index (χ1) is 13.8. The van der Waals surface area contributed by atoms with Crippen molar-refractivity contribution in [2.75, 3.05) is 36.6 Å². The summed E-state index contributed by atoms with van der Waals surface area (Å²) in [5.41, 5.74) is 2.34. The summed E-state index contributed by atoms with van der Waals surface area (Å²) in [5.74, 6) is -3.38. The second-order valence-electron chi connectivity index (χ2n) is 8.38. The molecule has 1 N–H and O–H groups in total. The third kappa shape index (κ3) is 4.98. The van der Waals surface area contributed by atoms with Crippen LogP contribution < -0.4 is 15.1 Å². The van der Waals surface area contributed by atoms with Crippen molar-refractivity contribution in [1.29, 1.82) is 5.26 Å². The van der Waals surface area contributed by atoms with E-state index in [1.807, 2.05) is 29.8 Å². The fourth-order valence-electron chi connectivity index (χ4n) is 4.37. The minimum atomic E-state index is -2.71. The monoisotopic (exact) mass is 404 g/mol. The highest BCUT2D eigenvalue weighted by Crippen LogP contribution is 2.44. The molecule has 2 atom stereocenters. The zero-order chi connectivity index (χ0) is 21.0. The maximum Gasteiger partial charge on any atom is 0.252 e. The fraction of sp³-hybridized carbons (Fsp3) is 0.636. The molecule has 3 rings (SSSR count). The van der Waals surface area contributed by atoms with Crippen molar-refractivity contribution < 1.29 is 13.6 Å². The van der Waals surface area contributed by atoms with Gasteiger partial charge in [0.15, 0.2) is 0 Å². The van der Waals surface area contributed by atoms with Crippen LogP contribution in [0.1, 0.15) is 51.0 Å². The topological polar surface area (TPSA) is 59.4 Å². The van der Waals surface area contributed by atoms with Crippen molar-refractivity contribution in [3.8, 4) is 6.07 Å². The molecule has 1 aliphatic heterocycles. The van der Waals surface area contributed by atoms with Gasteiger partial charge in [0.05, 0.1) is 29.7 Å². The molecule has 7 heteroatoms. The van der Waals surface area contributed by atoms with Crippen LogP contribution in [0.5, 0.6) is 0 Å². The second-order valence-corrected chi connectivity index (χ2v) is 8.38. The number of fused-ring (bicyclic) bond motifs is 1. The lowest BCUT2D eigenvalue weighted by molar-refractivity contribution is -0.122. The van der Waals surface area contributed by atoms with Crippen molar-refractivity contribution >= 4 is 17.3 Å². The van der Waals surface area contributed by atoms with Gasteiger partial charge in [0.2, 0.25) is 5.91 Å². The first-order valence-electron chi connectivity index (χ1n) is 10.5. The van der Waals surface area contributed by atoms with Gasteiger partial charge in [-0.1, -0.05) is 13.3 Å². The number of alkyl halides is 2. The van der Waals surface area contributed by atoms with Crippen molar-refractivity contribution in [2.45, 2.75) is 51.4 Å². The lowest BCUT2D eigenvalue weighted by Gasteiger charge is -2.38. The summed E-state index contributed by atoms with van der Waals surface area (Å²) < 4.78 is 29.4. The summed E-state index contributed by atoms with van der Waals surface area (Å²) in [7, 11) is 1.93. The molecular weight excluding hydrogens is 374 g/mol. The number of carbonyl (C=O) groups is 1. The quantitative estimate of drug-likeness (QED) is 0.742. The average molecular weight is 405 g/mol. The van der Waals surface area contributed by atoms with Gasteiger partial charge in [-0.25, -0.2) is 8.78 Å². The molecule has 1 saturated carbocycles. The van der Waals surface area contributed by atoms with Gasteiger partial charge in [-0.2, -0.15) is 5.26 Å². The van der Waals surface area contributed by atoms with E-state index in [9.17, 15) is 18.8 Å². The van der Waals surface area contributed by atoms with Crippen LogP contribution in [0.25, 0.3) is 0 Å². The SMILES string of the molecule is CCCCC(=O)NC[C@@H]1CCC(F)(F)[C@H](CN2CN(C)c3ccc(C#N)cc32)C1. The minimum absolute atomic E-state index is 0.0138. The summed E-state index contributed by atoms with van der Waals surface area (Å²) in [5, 5.41) is 12.1. The molecule has 0 aromatic heterocycles. The van der Waals surface area contributed by atoms with Gasteiger partial charge in [0.1, 0.15) is 0 Å². The van der Waals surface area contributed by atoms with Gasteiger partial charge in [-0.05, 0) is 43.4 Å². The Labute approximate surface area is 171 Å². The minimum Gasteiger partial charge on any atom is -0.356 e. The van der Waals surface area contributed by atoms with E-state index < -0.39 is 11.8 Å². The predicted octanol–water partition coefficient (Wildman–Crippen LogP) is 4.13. The molecule has 1 fully saturated rings. The lowest BCUT2D eigenvalue weighted by Crippen LogP contribution is -2.45. The molecule has 1 aromatic carbocycles. The maximum atomic E-state index is 14.7. The number of nitrogens with zero attached hydrogens (tertiary/aromatic N) is 3. The highest BCUT2D eigenvalue weighted by atomic mass is 19.3. The molecule has 1 aromatic rings. The Morgan fingerprint density at radius 1 is 1.38 bits per heavy atom. The van der Waals surface area contributed by atoms with Gasteiger partial charge in [-0.3, -0.25) is 4.79 Å². The van der Waals surface area contributed by atoms with Crippen LogP contribution in [0.15, 0.2) is 18.2 Å². The average Bonchev–Trinajstić information content (AvgIpc) is 3.01. The van der Waals surface area contributed by atoms with Crippen LogP contribution in [0.3, 0.4) is 0 Å². The van der Waals surface area contributed by atoms with E-state index in [1.165, 1.54) is 0 Å². The first-order valence-corrected chi connectivity index (χ1v) is 10.5. The van der Waals surface area contributed by atoms with Crippen LogP contribution in [0.2, 0.25) is 0 Å². The van der Waals surface area contributed by atoms with E-state index in [4.69, 9.17) is 0 Å². The van der Waals surface area contributed by atoms with E-state index in [0.29, 0.717) is 38.0 Å². The fourth-order valence-corrected chi connectivity index (χ4v) is 4.37. The normalized spacial score (nSPS) is 22.9. The molecule has 0 saturated heterocycles. The number of anilines is 2. The number of benzene rings is 1. The summed E-state index contributed by atoms with van der Waals surface area (Å²) in [6, 6.07) is 7.54. The molecule has 0 unspecified atom stereocenters. The smallest absolute Gasteiger partial charge is 0.252 e. The molecule has 1 heterocycles. The number of unbranched alkanes of at least 4 members (excludes halogenated alkanes) is 1. The van der Waals surface area contributed by atoms with Crippen LogP contribution in [0.4, 0.5) is 20.2 Å². The zero-order valence-electron chi connectivity index (χ0n) is 17.3. The van der Waals surface area contributed by atoms with Crippen LogP contribution in [-0.4, -0.2) is 38.6 Å². The van der Waals surface area contributed by atoms with Gasteiger partial charge < -0.3 is 15.1 Å². The molecule has 1 amide bonds. The Morgan fingerprint density at radius 2 is 2.17 bits per heavy atom. The molecule has 0 bridgehead atoms. The molecular formula is C22H30F2N4O. The van der Waals surface area contributed by atoms with Crippen molar-refractivity contribution in [3.05, 3.63) is 23.8 Å². The first kappa shape index (κ1) is 21.4. The number of halogens is 2. The summed E-state index contributed by atoms with van der Waals surface area (Å²) in [4.78, 5) is 15.8. The van der Waals surface area contributed by atoms with E-state index >= 15 is 0 Å². The van der Waals surface area contributed by atoms with Crippen molar-refractivity contribution in [1.82, 2.24) is 5.32 Å². The van der Waals surface area contributed by atoms with E-state index in [0.717, 1.165) is 24.2 Å². The van der Waals surface area contributed by atoms with Gasteiger partial charge in [-0.15, -0.1) is 0 Å². The number of amides is 1. The standard InChI is InChI=1S/C22H30F2N4O/c1-3-4-5-21(29)26-13-17-8-9-22(23,24)18(10-17)14-28-15-27(2)19-7-6-16(12-25)11-20(19)28/h6-7,11,17-18H,3-5,8-10,13-15H2,1-2H3,(H,26,29)/t17-,18+/m1/s1. The summed E-state index contributed by atoms with van der Waals surface area (Å²) in [6.07, 6.45) is 3.01. The van der Waals surface area contributed by atoms with Crippen LogP contribution in [-0.2, 0) is 4.79 Å². The number of hydrogen-bond acceptors (Lipinski definition) is 4. The number of rotatable bonds is 7. The lowest BCUT2D eigenvalue weighted by atomic mass is 9.78. The van der Waals surface area contributed by atoms with Gasteiger partial charge >= 0.3 is 0 Å². The van der Waals surface area contributed by atoms with E-state index in [1.54, 1.807) is 12.1 Å². The second kappa shape index (κ2) is 8.98. The third-order valence-corrected chi connectivity index (χ3v) is 6.13. The Morgan fingerprint density at radius 3 is 2.90 bits per heavy atom. The van der Waals surface area contributed by atoms with Crippen molar-refractivity contribution in [3.63, 3.8) is 0 Å². The largest absolute Gasteiger partial charge is 0.356 e. The predicted molar refractivity (Wildman–Crippen MR) is 110 cm³/mol. The Kier molecular flexibility index (Phi) is 6.61. The summed E-state index contributed by atoms with van der Waals surface area (Å²) >= 11 is 0. The van der Waals surface area contributed by atoms with Gasteiger partial charge in [0.25, 0.3) is 5.92 Å². The van der Waals surface area contributed by atoms with E-state index in [2.05, 4.69) is 11.4 Å². The molecule has 1 aliphatic carbocycles. The van der Waals surface area contributed by atoms with E-state index in [-0.39, 0.29) is 24.8 Å². The van der Waals surface area contributed by atoms with Crippen LogP contribution in [0, 0.1) is 23.2 Å². The molecule has 0 spiro atoms. The molecule has 5 nitrogen and oxygen atoms in total. The Bertz CT molecular complexity index is 777. The van der Waals surface area contributed by atoms with Crippen molar-refractivity contribution in [2.24, 2.45) is 11.8 Å². The Balaban J connectivity index is 1.65. The number of nitriles is 1. The Hall–Kier alpha value is -2.36.